The Morgan fingerprint density at radius 1 is 1.22 bits per heavy atom. The standard InChI is InChI=1S/C19H21F2NO4S/c20-10-3-11(21)5-13(4-10)25-8-15-14-1-2-17(26-18(14)6-16(15)24)19-22-12(7-23)9-27-19/h3-5,9,14-18,23-24H,1-2,6-8H2/t14-,15-,16-,17-,18+/m1/s1. The zero-order valence-corrected chi connectivity index (χ0v) is 15.4. The lowest BCUT2D eigenvalue weighted by Gasteiger charge is -2.33. The molecule has 5 nitrogen and oxygen atoms in total. The average Bonchev–Trinajstić information content (AvgIpc) is 3.22. The summed E-state index contributed by atoms with van der Waals surface area (Å²) in [6.45, 7) is 0.0965. The third kappa shape index (κ3) is 3.99. The Morgan fingerprint density at radius 3 is 2.70 bits per heavy atom. The van der Waals surface area contributed by atoms with Crippen molar-refractivity contribution < 1.29 is 28.5 Å². The molecule has 146 valence electrons. The zero-order valence-electron chi connectivity index (χ0n) is 14.6. The van der Waals surface area contributed by atoms with Gasteiger partial charge in [0.1, 0.15) is 28.5 Å². The number of aliphatic hydroxyl groups excluding tert-OH is 2. The molecule has 0 spiro atoms. The lowest BCUT2D eigenvalue weighted by molar-refractivity contribution is -0.0812. The molecule has 1 aliphatic heterocycles. The SMILES string of the molecule is OCc1csc([C@H]2CC[C@@H]3[C@@H](COc4cc(F)cc(F)c4)[C@H](O)C[C@@H]3O2)n1. The fourth-order valence-corrected chi connectivity index (χ4v) is 4.97. The summed E-state index contributed by atoms with van der Waals surface area (Å²) in [5, 5.41) is 22.3. The fraction of sp³-hybridized carbons (Fsp3) is 0.526. The van der Waals surface area contributed by atoms with Gasteiger partial charge < -0.3 is 19.7 Å². The molecule has 1 saturated heterocycles. The maximum absolute atomic E-state index is 13.3. The summed E-state index contributed by atoms with van der Waals surface area (Å²) in [5.41, 5.74) is 0.640. The molecule has 2 aromatic rings. The second kappa shape index (κ2) is 7.79. The van der Waals surface area contributed by atoms with E-state index in [9.17, 15) is 13.9 Å². The van der Waals surface area contributed by atoms with Crippen LogP contribution in [0.2, 0.25) is 0 Å². The van der Waals surface area contributed by atoms with Crippen molar-refractivity contribution in [3.63, 3.8) is 0 Å². The maximum atomic E-state index is 13.3. The van der Waals surface area contributed by atoms with Crippen LogP contribution in [-0.4, -0.2) is 34.0 Å². The second-order valence-corrected chi connectivity index (χ2v) is 8.01. The summed E-state index contributed by atoms with van der Waals surface area (Å²) < 4.78 is 38.3. The first-order valence-corrected chi connectivity index (χ1v) is 9.89. The fourth-order valence-electron chi connectivity index (χ4n) is 4.09. The Labute approximate surface area is 159 Å². The molecule has 0 amide bonds. The number of hydrogen-bond acceptors (Lipinski definition) is 6. The number of benzene rings is 1. The van der Waals surface area contributed by atoms with Gasteiger partial charge in [0.05, 0.1) is 31.1 Å². The Balaban J connectivity index is 1.39. The van der Waals surface area contributed by atoms with E-state index < -0.39 is 17.7 Å². The molecule has 8 heteroatoms. The van der Waals surface area contributed by atoms with Gasteiger partial charge in [0.15, 0.2) is 0 Å². The molecule has 0 radical (unpaired) electrons. The minimum Gasteiger partial charge on any atom is -0.493 e. The first kappa shape index (κ1) is 18.7. The molecule has 1 aromatic heterocycles. The van der Waals surface area contributed by atoms with Crippen LogP contribution in [0, 0.1) is 23.5 Å². The van der Waals surface area contributed by atoms with Gasteiger partial charge in [-0.3, -0.25) is 0 Å². The molecule has 5 atom stereocenters. The van der Waals surface area contributed by atoms with Gasteiger partial charge in [-0.1, -0.05) is 0 Å². The van der Waals surface area contributed by atoms with Crippen LogP contribution < -0.4 is 4.74 Å². The van der Waals surface area contributed by atoms with Crippen molar-refractivity contribution in [2.75, 3.05) is 6.61 Å². The van der Waals surface area contributed by atoms with E-state index in [0.29, 0.717) is 12.1 Å². The van der Waals surface area contributed by atoms with Gasteiger partial charge in [-0.2, -0.15) is 0 Å². The van der Waals surface area contributed by atoms with E-state index in [1.807, 2.05) is 5.38 Å². The van der Waals surface area contributed by atoms with Crippen LogP contribution in [0.1, 0.15) is 36.1 Å². The van der Waals surface area contributed by atoms with E-state index in [-0.39, 0.29) is 43.0 Å². The largest absolute Gasteiger partial charge is 0.493 e. The minimum absolute atomic E-state index is 0.0892. The van der Waals surface area contributed by atoms with Crippen molar-refractivity contribution in [1.82, 2.24) is 4.98 Å². The number of aliphatic hydroxyl groups is 2. The number of rotatable bonds is 5. The zero-order chi connectivity index (χ0) is 19.0. The van der Waals surface area contributed by atoms with Crippen LogP contribution in [0.3, 0.4) is 0 Å². The number of thiazole rings is 1. The van der Waals surface area contributed by atoms with E-state index in [1.54, 1.807) is 0 Å². The van der Waals surface area contributed by atoms with Gasteiger partial charge in [0, 0.05) is 35.9 Å². The smallest absolute Gasteiger partial charge is 0.129 e. The van der Waals surface area contributed by atoms with Gasteiger partial charge in [-0.05, 0) is 18.8 Å². The second-order valence-electron chi connectivity index (χ2n) is 7.12. The Kier molecular flexibility index (Phi) is 5.41. The molecular weight excluding hydrogens is 376 g/mol. The summed E-state index contributed by atoms with van der Waals surface area (Å²) in [6.07, 6.45) is 1.33. The number of fused-ring (bicyclic) bond motifs is 1. The summed E-state index contributed by atoms with van der Waals surface area (Å²) in [6, 6.07) is 3.07. The third-order valence-corrected chi connectivity index (χ3v) is 6.37. The molecule has 1 aromatic carbocycles. The van der Waals surface area contributed by atoms with E-state index in [2.05, 4.69) is 4.98 Å². The molecule has 1 aliphatic carbocycles. The van der Waals surface area contributed by atoms with Crippen molar-refractivity contribution in [3.05, 3.63) is 45.9 Å². The predicted octanol–water partition coefficient (Wildman–Crippen LogP) is 3.21. The van der Waals surface area contributed by atoms with Crippen LogP contribution in [0.25, 0.3) is 0 Å². The van der Waals surface area contributed by atoms with Crippen molar-refractivity contribution >= 4 is 11.3 Å². The maximum Gasteiger partial charge on any atom is 0.129 e. The summed E-state index contributed by atoms with van der Waals surface area (Å²) in [5.74, 6) is -1.27. The van der Waals surface area contributed by atoms with Crippen LogP contribution in [0.5, 0.6) is 5.75 Å². The lowest BCUT2D eigenvalue weighted by atomic mass is 9.87. The van der Waals surface area contributed by atoms with E-state index in [1.165, 1.54) is 11.3 Å². The highest BCUT2D eigenvalue weighted by atomic mass is 32.1. The predicted molar refractivity (Wildman–Crippen MR) is 94.3 cm³/mol. The number of nitrogens with zero attached hydrogens (tertiary/aromatic N) is 1. The van der Waals surface area contributed by atoms with E-state index in [4.69, 9.17) is 14.6 Å². The molecule has 27 heavy (non-hydrogen) atoms. The highest BCUT2D eigenvalue weighted by molar-refractivity contribution is 7.09. The van der Waals surface area contributed by atoms with Gasteiger partial charge in [0.25, 0.3) is 0 Å². The van der Waals surface area contributed by atoms with Gasteiger partial charge in [0.2, 0.25) is 0 Å². The van der Waals surface area contributed by atoms with Crippen LogP contribution in [0.15, 0.2) is 23.6 Å². The number of ether oxygens (including phenoxy) is 2. The number of hydrogen-bond donors (Lipinski definition) is 2. The molecule has 2 N–H and O–H groups in total. The van der Waals surface area contributed by atoms with Gasteiger partial charge >= 0.3 is 0 Å². The van der Waals surface area contributed by atoms with Crippen LogP contribution in [-0.2, 0) is 11.3 Å². The summed E-state index contributed by atoms with van der Waals surface area (Å²) in [4.78, 5) is 4.38. The first-order chi connectivity index (χ1) is 13.0. The quantitative estimate of drug-likeness (QED) is 0.811. The molecule has 2 heterocycles. The van der Waals surface area contributed by atoms with Crippen molar-refractivity contribution in [2.45, 2.75) is 44.2 Å². The monoisotopic (exact) mass is 397 g/mol. The molecule has 4 rings (SSSR count). The third-order valence-electron chi connectivity index (χ3n) is 5.38. The Bertz CT molecular complexity index is 782. The molecule has 2 fully saturated rings. The first-order valence-electron chi connectivity index (χ1n) is 9.01. The highest BCUT2D eigenvalue weighted by Crippen LogP contribution is 2.46. The number of halogens is 2. The average molecular weight is 397 g/mol. The van der Waals surface area contributed by atoms with E-state index in [0.717, 1.165) is 36.0 Å². The Hall–Kier alpha value is -1.61. The van der Waals surface area contributed by atoms with Crippen molar-refractivity contribution in [1.29, 1.82) is 0 Å². The molecule has 1 saturated carbocycles. The number of aromatic nitrogens is 1. The molecule has 0 bridgehead atoms. The Morgan fingerprint density at radius 2 is 2.00 bits per heavy atom. The van der Waals surface area contributed by atoms with Gasteiger partial charge in [-0.15, -0.1) is 11.3 Å². The normalized spacial score (nSPS) is 30.3. The van der Waals surface area contributed by atoms with Crippen molar-refractivity contribution in [2.24, 2.45) is 11.8 Å². The van der Waals surface area contributed by atoms with Crippen LogP contribution >= 0.6 is 11.3 Å². The minimum atomic E-state index is -0.690. The summed E-state index contributed by atoms with van der Waals surface area (Å²) >= 11 is 1.47. The topological polar surface area (TPSA) is 71.8 Å². The van der Waals surface area contributed by atoms with Crippen molar-refractivity contribution in [3.8, 4) is 5.75 Å². The van der Waals surface area contributed by atoms with Gasteiger partial charge in [-0.25, -0.2) is 13.8 Å². The highest BCUT2D eigenvalue weighted by Gasteiger charge is 2.47. The molecular formula is C19H21F2NO4S. The molecule has 0 unspecified atom stereocenters. The van der Waals surface area contributed by atoms with Crippen LogP contribution in [0.4, 0.5) is 8.78 Å². The summed E-state index contributed by atoms with van der Waals surface area (Å²) in [7, 11) is 0. The molecule has 2 aliphatic rings. The lowest BCUT2D eigenvalue weighted by Crippen LogP contribution is -2.33. The van der Waals surface area contributed by atoms with E-state index >= 15 is 0 Å².